The van der Waals surface area contributed by atoms with Crippen LogP contribution in [0.25, 0.3) is 0 Å². The third kappa shape index (κ3) is 4.02. The first-order valence-electron chi connectivity index (χ1n) is 6.58. The minimum atomic E-state index is -0.642. The SMILES string of the molecule is Cc1ccc(C)c(CC(=O)N/N=C\c2ccc([N+](=O)[O-])o2)c1. The monoisotopic (exact) mass is 301 g/mol. The van der Waals surface area contributed by atoms with Crippen LogP contribution in [-0.4, -0.2) is 17.0 Å². The first-order valence-corrected chi connectivity index (χ1v) is 6.58. The largest absolute Gasteiger partial charge is 0.433 e. The number of hydrogen-bond acceptors (Lipinski definition) is 5. The van der Waals surface area contributed by atoms with Crippen LogP contribution in [0.4, 0.5) is 5.88 Å². The fraction of sp³-hybridized carbons (Fsp3) is 0.200. The number of hydrogen-bond donors (Lipinski definition) is 1. The van der Waals surface area contributed by atoms with Crippen LogP contribution < -0.4 is 5.43 Å². The van der Waals surface area contributed by atoms with Gasteiger partial charge in [0.25, 0.3) is 0 Å². The van der Waals surface area contributed by atoms with E-state index in [0.717, 1.165) is 16.7 Å². The number of hydrazone groups is 1. The highest BCUT2D eigenvalue weighted by Crippen LogP contribution is 2.14. The van der Waals surface area contributed by atoms with Gasteiger partial charge in [-0.15, -0.1) is 0 Å². The molecule has 22 heavy (non-hydrogen) atoms. The van der Waals surface area contributed by atoms with E-state index < -0.39 is 4.92 Å². The average Bonchev–Trinajstić information content (AvgIpc) is 2.92. The van der Waals surface area contributed by atoms with Crippen LogP contribution in [0.2, 0.25) is 0 Å². The van der Waals surface area contributed by atoms with Gasteiger partial charge < -0.3 is 4.42 Å². The third-order valence-electron chi connectivity index (χ3n) is 3.03. The lowest BCUT2D eigenvalue weighted by molar-refractivity contribution is -0.402. The van der Waals surface area contributed by atoms with E-state index >= 15 is 0 Å². The molecule has 0 bridgehead atoms. The van der Waals surface area contributed by atoms with Crippen LogP contribution in [0.5, 0.6) is 0 Å². The van der Waals surface area contributed by atoms with Crippen LogP contribution >= 0.6 is 0 Å². The summed E-state index contributed by atoms with van der Waals surface area (Å²) in [5, 5.41) is 14.2. The molecule has 0 saturated heterocycles. The molecular formula is C15H15N3O4. The minimum Gasteiger partial charge on any atom is -0.400 e. The minimum absolute atomic E-state index is 0.193. The van der Waals surface area contributed by atoms with Crippen molar-refractivity contribution in [1.29, 1.82) is 0 Å². The number of benzene rings is 1. The number of furan rings is 1. The van der Waals surface area contributed by atoms with Gasteiger partial charge in [-0.2, -0.15) is 5.10 Å². The molecule has 1 aromatic heterocycles. The highest BCUT2D eigenvalue weighted by atomic mass is 16.6. The summed E-state index contributed by atoms with van der Waals surface area (Å²) in [6.07, 6.45) is 1.43. The van der Waals surface area contributed by atoms with Gasteiger partial charge in [0.15, 0.2) is 5.76 Å². The Morgan fingerprint density at radius 3 is 2.82 bits per heavy atom. The molecule has 114 valence electrons. The van der Waals surface area contributed by atoms with Crippen molar-refractivity contribution in [2.24, 2.45) is 5.10 Å². The number of aryl methyl sites for hydroxylation is 2. The third-order valence-corrected chi connectivity index (χ3v) is 3.03. The number of carbonyl (C=O) groups is 1. The van der Waals surface area contributed by atoms with E-state index in [-0.39, 0.29) is 24.0 Å². The lowest BCUT2D eigenvalue weighted by Gasteiger charge is -2.05. The van der Waals surface area contributed by atoms with Crippen molar-refractivity contribution in [3.05, 3.63) is 62.9 Å². The summed E-state index contributed by atoms with van der Waals surface area (Å²) in [5.41, 5.74) is 5.41. The van der Waals surface area contributed by atoms with Crippen LogP contribution in [0.1, 0.15) is 22.5 Å². The van der Waals surface area contributed by atoms with Gasteiger partial charge in [0.2, 0.25) is 5.91 Å². The zero-order valence-corrected chi connectivity index (χ0v) is 12.2. The maximum Gasteiger partial charge on any atom is 0.433 e. The van der Waals surface area contributed by atoms with Crippen molar-refractivity contribution in [2.45, 2.75) is 20.3 Å². The van der Waals surface area contributed by atoms with Crippen LogP contribution in [-0.2, 0) is 11.2 Å². The van der Waals surface area contributed by atoms with E-state index in [1.807, 2.05) is 32.0 Å². The number of nitrogens with zero attached hydrogens (tertiary/aromatic N) is 2. The number of carbonyl (C=O) groups excluding carboxylic acids is 1. The fourth-order valence-corrected chi connectivity index (χ4v) is 1.88. The molecule has 0 aliphatic heterocycles. The van der Waals surface area contributed by atoms with Crippen LogP contribution in [0, 0.1) is 24.0 Å². The van der Waals surface area contributed by atoms with Crippen molar-refractivity contribution in [1.82, 2.24) is 5.43 Å². The van der Waals surface area contributed by atoms with Crippen LogP contribution in [0.15, 0.2) is 39.9 Å². The first kappa shape index (κ1) is 15.4. The Morgan fingerprint density at radius 2 is 2.14 bits per heavy atom. The van der Waals surface area contributed by atoms with E-state index in [1.165, 1.54) is 18.3 Å². The summed E-state index contributed by atoms with van der Waals surface area (Å²) in [5.74, 6) is -0.451. The number of rotatable bonds is 5. The summed E-state index contributed by atoms with van der Waals surface area (Å²) in [6, 6.07) is 8.52. The summed E-state index contributed by atoms with van der Waals surface area (Å²) in [7, 11) is 0. The molecule has 0 aliphatic rings. The maximum atomic E-state index is 11.8. The van der Waals surface area contributed by atoms with Gasteiger partial charge in [-0.25, -0.2) is 5.43 Å². The molecule has 2 aromatic rings. The lowest BCUT2D eigenvalue weighted by atomic mass is 10.0. The normalized spacial score (nSPS) is 10.8. The van der Waals surface area contributed by atoms with Gasteiger partial charge in [0.1, 0.15) is 4.92 Å². The molecule has 0 radical (unpaired) electrons. The van der Waals surface area contributed by atoms with Gasteiger partial charge in [-0.3, -0.25) is 14.9 Å². The molecule has 0 spiro atoms. The van der Waals surface area contributed by atoms with Crippen molar-refractivity contribution in [2.75, 3.05) is 0 Å². The van der Waals surface area contributed by atoms with Crippen molar-refractivity contribution in [3.8, 4) is 0 Å². The molecule has 7 heteroatoms. The highest BCUT2D eigenvalue weighted by molar-refractivity contribution is 5.82. The molecule has 1 heterocycles. The second-order valence-corrected chi connectivity index (χ2v) is 4.83. The van der Waals surface area contributed by atoms with Gasteiger partial charge >= 0.3 is 5.88 Å². The Balaban J connectivity index is 1.93. The van der Waals surface area contributed by atoms with Crippen molar-refractivity contribution < 1.29 is 14.1 Å². The van der Waals surface area contributed by atoms with E-state index in [1.54, 1.807) is 0 Å². The summed E-state index contributed by atoms with van der Waals surface area (Å²) in [6.45, 7) is 3.90. The predicted molar refractivity (Wildman–Crippen MR) is 80.7 cm³/mol. The molecule has 1 N–H and O–H groups in total. The average molecular weight is 301 g/mol. The van der Waals surface area contributed by atoms with Gasteiger partial charge in [-0.1, -0.05) is 23.8 Å². The van der Waals surface area contributed by atoms with Crippen molar-refractivity contribution >= 4 is 18.0 Å². The molecule has 0 fully saturated rings. The van der Waals surface area contributed by atoms with Gasteiger partial charge in [0.05, 0.1) is 18.7 Å². The molecular weight excluding hydrogens is 286 g/mol. The number of nitro groups is 1. The second kappa shape index (κ2) is 6.66. The summed E-state index contributed by atoms with van der Waals surface area (Å²) >= 11 is 0. The zero-order valence-electron chi connectivity index (χ0n) is 12.2. The molecule has 0 aliphatic carbocycles. The Labute approximate surface area is 126 Å². The highest BCUT2D eigenvalue weighted by Gasteiger charge is 2.10. The molecule has 0 saturated carbocycles. The smallest absolute Gasteiger partial charge is 0.400 e. The fourth-order valence-electron chi connectivity index (χ4n) is 1.88. The molecule has 0 unspecified atom stereocenters. The summed E-state index contributed by atoms with van der Waals surface area (Å²) in [4.78, 5) is 21.6. The Hall–Kier alpha value is -2.96. The topological polar surface area (TPSA) is 97.7 Å². The van der Waals surface area contributed by atoms with E-state index in [9.17, 15) is 14.9 Å². The van der Waals surface area contributed by atoms with Crippen molar-refractivity contribution in [3.63, 3.8) is 0 Å². The maximum absolute atomic E-state index is 11.8. The molecule has 0 atom stereocenters. The van der Waals surface area contributed by atoms with Crippen LogP contribution in [0.3, 0.4) is 0 Å². The van der Waals surface area contributed by atoms with Gasteiger partial charge in [0, 0.05) is 0 Å². The number of nitrogens with one attached hydrogen (secondary N) is 1. The lowest BCUT2D eigenvalue weighted by Crippen LogP contribution is -2.20. The van der Waals surface area contributed by atoms with Gasteiger partial charge in [-0.05, 0) is 31.0 Å². The Morgan fingerprint density at radius 1 is 1.36 bits per heavy atom. The van der Waals surface area contributed by atoms with E-state index in [2.05, 4.69) is 10.5 Å². The quantitative estimate of drug-likeness (QED) is 0.521. The number of amides is 1. The second-order valence-electron chi connectivity index (χ2n) is 4.83. The van der Waals surface area contributed by atoms with E-state index in [0.29, 0.717) is 0 Å². The van der Waals surface area contributed by atoms with E-state index in [4.69, 9.17) is 4.42 Å². The summed E-state index contributed by atoms with van der Waals surface area (Å²) < 4.78 is 4.88. The standard InChI is InChI=1S/C15H15N3O4/c1-10-3-4-11(2)12(7-10)8-14(19)17-16-9-13-5-6-15(22-13)18(20)21/h3-7,9H,8H2,1-2H3,(H,17,19)/b16-9-. The molecule has 1 amide bonds. The Kier molecular flexibility index (Phi) is 4.67. The molecule has 1 aromatic carbocycles. The first-order chi connectivity index (χ1) is 10.5. The molecule has 7 nitrogen and oxygen atoms in total. The Bertz CT molecular complexity index is 734. The molecule has 2 rings (SSSR count). The predicted octanol–water partition coefficient (Wildman–Crippen LogP) is 2.50. The zero-order chi connectivity index (χ0) is 16.1.